The van der Waals surface area contributed by atoms with Gasteiger partial charge >= 0.3 is 5.97 Å². The molecular weight excluding hydrogens is 252 g/mol. The highest BCUT2D eigenvalue weighted by molar-refractivity contribution is 5.70. The third-order valence-electron chi connectivity index (χ3n) is 3.37. The van der Waals surface area contributed by atoms with E-state index in [2.05, 4.69) is 0 Å². The van der Waals surface area contributed by atoms with E-state index in [-0.39, 0.29) is 17.6 Å². The maximum absolute atomic E-state index is 11.6. The smallest absolute Gasteiger partial charge is 0.306 e. The Kier molecular flexibility index (Phi) is 7.13. The zero-order valence-electron chi connectivity index (χ0n) is 12.8. The van der Waals surface area contributed by atoms with Gasteiger partial charge in [0.2, 0.25) is 0 Å². The van der Waals surface area contributed by atoms with E-state index in [1.165, 1.54) is 12.8 Å². The normalized spacial score (nSPS) is 14.9. The number of hydrogen-bond donors (Lipinski definition) is 1. The quantitative estimate of drug-likeness (QED) is 0.791. The average Bonchev–Trinajstić information content (AvgIpc) is 3.25. The molecule has 112 valence electrons. The Bertz CT molecular complexity index is 410. The summed E-state index contributed by atoms with van der Waals surface area (Å²) in [7, 11) is 0. The topological polar surface area (TPSA) is 46.5 Å². The molecule has 1 unspecified atom stereocenters. The van der Waals surface area contributed by atoms with Crippen LogP contribution in [-0.4, -0.2) is 17.7 Å². The number of carbonyl (C=O) groups excluding carboxylic acids is 1. The summed E-state index contributed by atoms with van der Waals surface area (Å²) < 4.78 is 5.02. The van der Waals surface area contributed by atoms with Crippen molar-refractivity contribution < 1.29 is 14.6 Å². The van der Waals surface area contributed by atoms with Crippen LogP contribution in [0.3, 0.4) is 0 Å². The lowest BCUT2D eigenvalue weighted by atomic mass is 9.90. The van der Waals surface area contributed by atoms with Crippen molar-refractivity contribution in [3.63, 3.8) is 0 Å². The highest BCUT2D eigenvalue weighted by Crippen LogP contribution is 2.40. The van der Waals surface area contributed by atoms with Crippen LogP contribution in [0.15, 0.2) is 24.3 Å². The number of aromatic hydroxyl groups is 1. The second-order valence-corrected chi connectivity index (χ2v) is 4.98. The van der Waals surface area contributed by atoms with Crippen molar-refractivity contribution in [3.05, 3.63) is 29.8 Å². The number of benzene rings is 1. The predicted octanol–water partition coefficient (Wildman–Crippen LogP) is 4.26. The fourth-order valence-electron chi connectivity index (χ4n) is 2.29. The van der Waals surface area contributed by atoms with Crippen LogP contribution in [0, 0.1) is 5.92 Å². The molecule has 2 rings (SSSR count). The average molecular weight is 278 g/mol. The maximum atomic E-state index is 11.6. The number of phenolic OH excluding ortho intramolecular Hbond substituents is 1. The molecule has 1 aliphatic carbocycles. The van der Waals surface area contributed by atoms with Crippen LogP contribution in [0.4, 0.5) is 0 Å². The lowest BCUT2D eigenvalue weighted by Crippen LogP contribution is -2.11. The molecule has 20 heavy (non-hydrogen) atoms. The summed E-state index contributed by atoms with van der Waals surface area (Å²) in [6, 6.07) is 7.22. The predicted molar refractivity (Wildman–Crippen MR) is 80.8 cm³/mol. The van der Waals surface area contributed by atoms with Crippen LogP contribution in [-0.2, 0) is 9.53 Å². The Labute approximate surface area is 122 Å². The molecule has 0 aromatic heterocycles. The van der Waals surface area contributed by atoms with Crippen LogP contribution >= 0.6 is 0 Å². The van der Waals surface area contributed by atoms with Gasteiger partial charge in [0.25, 0.3) is 0 Å². The van der Waals surface area contributed by atoms with E-state index < -0.39 is 0 Å². The molecule has 1 aromatic rings. The first-order valence-corrected chi connectivity index (χ1v) is 7.63. The molecule has 1 atom stereocenters. The summed E-state index contributed by atoms with van der Waals surface area (Å²) >= 11 is 0. The van der Waals surface area contributed by atoms with Gasteiger partial charge in [-0.25, -0.2) is 0 Å². The third-order valence-corrected chi connectivity index (χ3v) is 3.37. The number of rotatable bonds is 6. The fraction of sp³-hybridized carbons (Fsp3) is 0.588. The van der Waals surface area contributed by atoms with Crippen molar-refractivity contribution in [2.24, 2.45) is 5.92 Å². The molecule has 0 radical (unpaired) electrons. The molecule has 1 N–H and O–H groups in total. The van der Waals surface area contributed by atoms with E-state index in [1.807, 2.05) is 32.9 Å². The molecule has 1 saturated carbocycles. The van der Waals surface area contributed by atoms with Crippen molar-refractivity contribution in [1.29, 1.82) is 0 Å². The van der Waals surface area contributed by atoms with Crippen molar-refractivity contribution in [3.8, 4) is 5.75 Å². The molecule has 0 spiro atoms. The first-order chi connectivity index (χ1) is 9.69. The molecule has 1 fully saturated rings. The number of phenols is 1. The number of esters is 1. The van der Waals surface area contributed by atoms with Gasteiger partial charge in [0, 0.05) is 0 Å². The van der Waals surface area contributed by atoms with Gasteiger partial charge in [-0.3, -0.25) is 4.79 Å². The molecule has 0 aliphatic heterocycles. The minimum atomic E-state index is -0.147. The van der Waals surface area contributed by atoms with Gasteiger partial charge in [-0.1, -0.05) is 38.8 Å². The second-order valence-electron chi connectivity index (χ2n) is 4.98. The van der Waals surface area contributed by atoms with Crippen molar-refractivity contribution in [1.82, 2.24) is 0 Å². The maximum Gasteiger partial charge on any atom is 0.306 e. The van der Waals surface area contributed by atoms with E-state index in [0.29, 0.717) is 13.0 Å². The minimum absolute atomic E-state index is 0.147. The van der Waals surface area contributed by atoms with Gasteiger partial charge in [0.1, 0.15) is 5.75 Å². The van der Waals surface area contributed by atoms with Crippen LogP contribution in [0.25, 0.3) is 0 Å². The Morgan fingerprint density at radius 2 is 2.10 bits per heavy atom. The molecule has 0 heterocycles. The molecule has 0 bridgehead atoms. The Balaban J connectivity index is 0.000000956. The van der Waals surface area contributed by atoms with E-state index in [1.54, 1.807) is 12.1 Å². The van der Waals surface area contributed by atoms with Crippen LogP contribution < -0.4 is 0 Å². The standard InChI is InChI=1S/C15H20O3.C2H6/c1-2-18-15(17)10-13(8-11-6-7-11)12-4-3-5-14(16)9-12;1-2/h3-5,9,11,13,16H,2,6-8,10H2,1H3;1-2H3. The largest absolute Gasteiger partial charge is 0.508 e. The van der Waals surface area contributed by atoms with Gasteiger partial charge in [-0.05, 0) is 42.9 Å². The Hall–Kier alpha value is -1.51. The van der Waals surface area contributed by atoms with E-state index in [4.69, 9.17) is 4.74 Å². The fourth-order valence-corrected chi connectivity index (χ4v) is 2.29. The van der Waals surface area contributed by atoms with E-state index in [9.17, 15) is 9.90 Å². The second kappa shape index (κ2) is 8.62. The molecular formula is C17H26O3. The van der Waals surface area contributed by atoms with Crippen molar-refractivity contribution >= 4 is 5.97 Å². The summed E-state index contributed by atoms with van der Waals surface area (Å²) in [4.78, 5) is 11.6. The lowest BCUT2D eigenvalue weighted by molar-refractivity contribution is -0.143. The zero-order valence-corrected chi connectivity index (χ0v) is 12.8. The first kappa shape index (κ1) is 16.5. The summed E-state index contributed by atoms with van der Waals surface area (Å²) in [5, 5.41) is 9.53. The lowest BCUT2D eigenvalue weighted by Gasteiger charge is -2.16. The van der Waals surface area contributed by atoms with Gasteiger partial charge in [0.05, 0.1) is 13.0 Å². The molecule has 3 heteroatoms. The van der Waals surface area contributed by atoms with E-state index >= 15 is 0 Å². The van der Waals surface area contributed by atoms with Crippen LogP contribution in [0.1, 0.15) is 57.9 Å². The highest BCUT2D eigenvalue weighted by Gasteiger charge is 2.28. The number of ether oxygens (including phenoxy) is 1. The summed E-state index contributed by atoms with van der Waals surface area (Å²) in [6.45, 7) is 6.25. The van der Waals surface area contributed by atoms with Crippen LogP contribution in [0.2, 0.25) is 0 Å². The zero-order chi connectivity index (χ0) is 15.0. The molecule has 1 aliphatic rings. The van der Waals surface area contributed by atoms with Gasteiger partial charge < -0.3 is 9.84 Å². The molecule has 0 amide bonds. The monoisotopic (exact) mass is 278 g/mol. The molecule has 3 nitrogen and oxygen atoms in total. The molecule has 1 aromatic carbocycles. The number of carbonyl (C=O) groups is 1. The Morgan fingerprint density at radius 1 is 1.40 bits per heavy atom. The Morgan fingerprint density at radius 3 is 2.65 bits per heavy atom. The third kappa shape index (κ3) is 5.64. The van der Waals surface area contributed by atoms with Crippen LogP contribution in [0.5, 0.6) is 5.75 Å². The number of hydrogen-bond acceptors (Lipinski definition) is 3. The van der Waals surface area contributed by atoms with Gasteiger partial charge in [-0.15, -0.1) is 0 Å². The highest BCUT2D eigenvalue weighted by atomic mass is 16.5. The first-order valence-electron chi connectivity index (χ1n) is 7.63. The van der Waals surface area contributed by atoms with Gasteiger partial charge in [-0.2, -0.15) is 0 Å². The van der Waals surface area contributed by atoms with Crippen molar-refractivity contribution in [2.75, 3.05) is 6.61 Å². The summed E-state index contributed by atoms with van der Waals surface area (Å²) in [5.41, 5.74) is 1.04. The molecule has 0 saturated heterocycles. The SMILES string of the molecule is CC.CCOC(=O)CC(CC1CC1)c1cccc(O)c1. The summed E-state index contributed by atoms with van der Waals surface area (Å²) in [6.07, 6.45) is 3.95. The summed E-state index contributed by atoms with van der Waals surface area (Å²) in [5.74, 6) is 1.03. The van der Waals surface area contributed by atoms with Crippen molar-refractivity contribution in [2.45, 2.75) is 52.4 Å². The van der Waals surface area contributed by atoms with E-state index in [0.717, 1.165) is 17.9 Å². The minimum Gasteiger partial charge on any atom is -0.508 e. The van der Waals surface area contributed by atoms with Gasteiger partial charge in [0.15, 0.2) is 0 Å².